The van der Waals surface area contributed by atoms with E-state index in [2.05, 4.69) is 5.10 Å². The predicted octanol–water partition coefficient (Wildman–Crippen LogP) is 1.53. The molecule has 1 heterocycles. The second-order valence-electron chi connectivity index (χ2n) is 3.31. The van der Waals surface area contributed by atoms with Crippen molar-refractivity contribution in [2.24, 2.45) is 5.73 Å². The van der Waals surface area contributed by atoms with Crippen LogP contribution in [0, 0.1) is 5.82 Å². The molecule has 3 nitrogen and oxygen atoms in total. The van der Waals surface area contributed by atoms with Crippen LogP contribution >= 0.6 is 0 Å². The van der Waals surface area contributed by atoms with E-state index in [1.165, 1.54) is 12.1 Å². The first-order valence-corrected chi connectivity index (χ1v) is 4.75. The fourth-order valence-corrected chi connectivity index (χ4v) is 1.44. The van der Waals surface area contributed by atoms with Gasteiger partial charge >= 0.3 is 0 Å². The Morgan fingerprint density at radius 3 is 2.60 bits per heavy atom. The maximum absolute atomic E-state index is 12.7. The number of hydrogen-bond donors (Lipinski definition) is 1. The number of rotatable bonds is 3. The molecule has 0 saturated carbocycles. The van der Waals surface area contributed by atoms with E-state index in [4.69, 9.17) is 5.73 Å². The van der Waals surface area contributed by atoms with E-state index in [9.17, 15) is 4.39 Å². The molecule has 78 valence electrons. The molecule has 1 aromatic carbocycles. The van der Waals surface area contributed by atoms with E-state index in [0.29, 0.717) is 13.1 Å². The first-order chi connectivity index (χ1) is 7.29. The minimum atomic E-state index is -0.224. The summed E-state index contributed by atoms with van der Waals surface area (Å²) in [5.74, 6) is -0.224. The second kappa shape index (κ2) is 4.23. The number of benzene rings is 1. The molecule has 2 N–H and O–H groups in total. The summed E-state index contributed by atoms with van der Waals surface area (Å²) >= 11 is 0. The molecular weight excluding hydrogens is 193 g/mol. The molecule has 0 bridgehead atoms. The van der Waals surface area contributed by atoms with Gasteiger partial charge < -0.3 is 5.73 Å². The van der Waals surface area contributed by atoms with Gasteiger partial charge in [-0.15, -0.1) is 0 Å². The third-order valence-corrected chi connectivity index (χ3v) is 2.26. The average molecular weight is 205 g/mol. The number of nitrogens with two attached hydrogens (primary N) is 1. The zero-order chi connectivity index (χ0) is 10.7. The van der Waals surface area contributed by atoms with Crippen LogP contribution in [0.15, 0.2) is 36.5 Å². The van der Waals surface area contributed by atoms with Crippen molar-refractivity contribution in [2.45, 2.75) is 13.1 Å². The van der Waals surface area contributed by atoms with Gasteiger partial charge in [-0.25, -0.2) is 4.39 Å². The van der Waals surface area contributed by atoms with E-state index >= 15 is 0 Å². The fraction of sp³-hybridized carbons (Fsp3) is 0.182. The van der Waals surface area contributed by atoms with Crippen LogP contribution in [0.25, 0.3) is 0 Å². The molecule has 0 saturated heterocycles. The third-order valence-electron chi connectivity index (χ3n) is 2.26. The Labute approximate surface area is 87.3 Å². The Hall–Kier alpha value is -1.68. The minimum Gasteiger partial charge on any atom is -0.325 e. The van der Waals surface area contributed by atoms with Crippen LogP contribution < -0.4 is 5.73 Å². The first-order valence-electron chi connectivity index (χ1n) is 4.75. The average Bonchev–Trinajstić information content (AvgIpc) is 2.69. The lowest BCUT2D eigenvalue weighted by molar-refractivity contribution is 0.620. The quantitative estimate of drug-likeness (QED) is 0.825. The monoisotopic (exact) mass is 205 g/mol. The van der Waals surface area contributed by atoms with Gasteiger partial charge in [-0.05, 0) is 23.8 Å². The number of hydrogen-bond acceptors (Lipinski definition) is 2. The molecule has 0 atom stereocenters. The standard InChI is InChI=1S/C11H12FN3/c12-10-3-1-9(2-4-10)8-15-11(7-13)5-6-14-15/h1-6H,7-8,13H2. The molecule has 0 unspecified atom stereocenters. The molecule has 0 spiro atoms. The SMILES string of the molecule is NCc1ccnn1Cc1ccc(F)cc1. The summed E-state index contributed by atoms with van der Waals surface area (Å²) in [6.45, 7) is 1.08. The van der Waals surface area contributed by atoms with E-state index in [0.717, 1.165) is 11.3 Å². The molecule has 0 radical (unpaired) electrons. The molecule has 1 aromatic heterocycles. The van der Waals surface area contributed by atoms with Crippen molar-refractivity contribution in [3.05, 3.63) is 53.6 Å². The van der Waals surface area contributed by atoms with Crippen molar-refractivity contribution in [1.82, 2.24) is 9.78 Å². The van der Waals surface area contributed by atoms with E-state index in [1.807, 2.05) is 10.7 Å². The topological polar surface area (TPSA) is 43.8 Å². The highest BCUT2D eigenvalue weighted by Gasteiger charge is 2.01. The maximum Gasteiger partial charge on any atom is 0.123 e. The second-order valence-corrected chi connectivity index (χ2v) is 3.31. The first kappa shape index (κ1) is 9.86. The van der Waals surface area contributed by atoms with Crippen molar-refractivity contribution in [3.63, 3.8) is 0 Å². The lowest BCUT2D eigenvalue weighted by Gasteiger charge is -2.05. The minimum absolute atomic E-state index is 0.224. The lowest BCUT2D eigenvalue weighted by atomic mass is 10.2. The zero-order valence-corrected chi connectivity index (χ0v) is 8.23. The zero-order valence-electron chi connectivity index (χ0n) is 8.23. The van der Waals surface area contributed by atoms with Gasteiger partial charge in [-0.3, -0.25) is 4.68 Å². The van der Waals surface area contributed by atoms with Crippen LogP contribution in [0.2, 0.25) is 0 Å². The van der Waals surface area contributed by atoms with Crippen molar-refractivity contribution in [3.8, 4) is 0 Å². The van der Waals surface area contributed by atoms with Gasteiger partial charge in [0.1, 0.15) is 5.82 Å². The van der Waals surface area contributed by atoms with Gasteiger partial charge in [0.05, 0.1) is 12.2 Å². The molecular formula is C11H12FN3. The van der Waals surface area contributed by atoms with Gasteiger partial charge in [0.25, 0.3) is 0 Å². The summed E-state index contributed by atoms with van der Waals surface area (Å²) in [5, 5.41) is 4.15. The summed E-state index contributed by atoms with van der Waals surface area (Å²) in [5.41, 5.74) is 7.53. The Bertz CT molecular complexity index is 433. The Morgan fingerprint density at radius 1 is 1.20 bits per heavy atom. The third kappa shape index (κ3) is 2.22. The number of nitrogens with zero attached hydrogens (tertiary/aromatic N) is 2. The van der Waals surface area contributed by atoms with Crippen LogP contribution in [-0.4, -0.2) is 9.78 Å². The van der Waals surface area contributed by atoms with Gasteiger partial charge in [0, 0.05) is 12.7 Å². The van der Waals surface area contributed by atoms with Crippen molar-refractivity contribution < 1.29 is 4.39 Å². The molecule has 15 heavy (non-hydrogen) atoms. The lowest BCUT2D eigenvalue weighted by Crippen LogP contribution is -2.09. The molecule has 2 rings (SSSR count). The van der Waals surface area contributed by atoms with Gasteiger partial charge in [-0.1, -0.05) is 12.1 Å². The van der Waals surface area contributed by atoms with E-state index in [1.54, 1.807) is 18.3 Å². The molecule has 0 aliphatic carbocycles. The highest BCUT2D eigenvalue weighted by atomic mass is 19.1. The molecule has 2 aromatic rings. The normalized spacial score (nSPS) is 10.5. The molecule has 0 fully saturated rings. The summed E-state index contributed by atoms with van der Waals surface area (Å²) < 4.78 is 14.5. The summed E-state index contributed by atoms with van der Waals surface area (Å²) in [7, 11) is 0. The summed E-state index contributed by atoms with van der Waals surface area (Å²) in [4.78, 5) is 0. The predicted molar refractivity (Wildman–Crippen MR) is 55.6 cm³/mol. The van der Waals surface area contributed by atoms with Crippen LogP contribution in [-0.2, 0) is 13.1 Å². The van der Waals surface area contributed by atoms with Crippen LogP contribution in [0.3, 0.4) is 0 Å². The highest BCUT2D eigenvalue weighted by Crippen LogP contribution is 2.06. The van der Waals surface area contributed by atoms with Crippen LogP contribution in [0.4, 0.5) is 4.39 Å². The van der Waals surface area contributed by atoms with Crippen molar-refractivity contribution >= 4 is 0 Å². The van der Waals surface area contributed by atoms with Gasteiger partial charge in [0.15, 0.2) is 0 Å². The van der Waals surface area contributed by atoms with Crippen LogP contribution in [0.5, 0.6) is 0 Å². The smallest absolute Gasteiger partial charge is 0.123 e. The largest absolute Gasteiger partial charge is 0.325 e. The molecule has 0 aliphatic heterocycles. The van der Waals surface area contributed by atoms with Gasteiger partial charge in [-0.2, -0.15) is 5.10 Å². The summed E-state index contributed by atoms with van der Waals surface area (Å²) in [6, 6.07) is 8.26. The van der Waals surface area contributed by atoms with Crippen LogP contribution in [0.1, 0.15) is 11.3 Å². The maximum atomic E-state index is 12.7. The Balaban J connectivity index is 2.18. The Kier molecular flexibility index (Phi) is 2.78. The Morgan fingerprint density at radius 2 is 1.93 bits per heavy atom. The molecule has 0 aliphatic rings. The van der Waals surface area contributed by atoms with Crippen molar-refractivity contribution in [1.29, 1.82) is 0 Å². The highest BCUT2D eigenvalue weighted by molar-refractivity contribution is 5.17. The number of aromatic nitrogens is 2. The number of halogens is 1. The fourth-order valence-electron chi connectivity index (χ4n) is 1.44. The van der Waals surface area contributed by atoms with Crippen molar-refractivity contribution in [2.75, 3.05) is 0 Å². The summed E-state index contributed by atoms with van der Waals surface area (Å²) in [6.07, 6.45) is 1.71. The van der Waals surface area contributed by atoms with E-state index in [-0.39, 0.29) is 5.82 Å². The molecule has 0 amide bonds. The van der Waals surface area contributed by atoms with E-state index < -0.39 is 0 Å². The van der Waals surface area contributed by atoms with Gasteiger partial charge in [0.2, 0.25) is 0 Å². The molecule has 4 heteroatoms.